The van der Waals surface area contributed by atoms with Crippen molar-refractivity contribution in [3.63, 3.8) is 0 Å². The summed E-state index contributed by atoms with van der Waals surface area (Å²) >= 11 is 1.60. The number of nitrogens with one attached hydrogen (secondary N) is 1. The second-order valence-electron chi connectivity index (χ2n) is 8.34. The van der Waals surface area contributed by atoms with Crippen LogP contribution in [0.1, 0.15) is 50.6 Å². The molecule has 1 aromatic rings. The van der Waals surface area contributed by atoms with Gasteiger partial charge in [-0.25, -0.2) is 4.98 Å². The Labute approximate surface area is 142 Å². The number of aromatic nitrogens is 1. The highest BCUT2D eigenvalue weighted by molar-refractivity contribution is 7.13. The average molecular weight is 334 g/mol. The largest absolute Gasteiger partial charge is 0.309 e. The number of carbonyl (C=O) groups is 1. The maximum Gasteiger partial charge on any atom is 0.227 e. The number of anilines is 1. The van der Waals surface area contributed by atoms with Crippen LogP contribution in [-0.4, -0.2) is 36.4 Å². The van der Waals surface area contributed by atoms with Gasteiger partial charge in [0.1, 0.15) is 0 Å². The molecule has 0 atom stereocenters. The number of hydrogen-bond acceptors (Lipinski definition) is 4. The van der Waals surface area contributed by atoms with Crippen LogP contribution < -0.4 is 5.32 Å². The molecule has 5 heteroatoms. The summed E-state index contributed by atoms with van der Waals surface area (Å²) in [5.41, 5.74) is 1.60. The Morgan fingerprint density at radius 3 is 2.43 bits per heavy atom. The van der Waals surface area contributed by atoms with E-state index < -0.39 is 0 Å². The summed E-state index contributed by atoms with van der Waals surface area (Å²) in [4.78, 5) is 18.9. The maximum atomic E-state index is 12.0. The van der Waals surface area contributed by atoms with Crippen molar-refractivity contribution in [2.75, 3.05) is 26.0 Å². The molecule has 1 heterocycles. The Balaban J connectivity index is 1.45. The third-order valence-corrected chi connectivity index (χ3v) is 6.88. The zero-order chi connectivity index (χ0) is 16.0. The first-order chi connectivity index (χ1) is 11.0. The molecule has 5 rings (SSSR count). The monoisotopic (exact) mass is 333 g/mol. The summed E-state index contributed by atoms with van der Waals surface area (Å²) in [5.74, 6) is 2.87. The molecule has 0 aromatic carbocycles. The minimum absolute atomic E-state index is 0.0742. The van der Waals surface area contributed by atoms with Gasteiger partial charge in [-0.3, -0.25) is 4.79 Å². The van der Waals surface area contributed by atoms with Gasteiger partial charge >= 0.3 is 0 Å². The number of carbonyl (C=O) groups excluding carboxylic acids is 1. The zero-order valence-corrected chi connectivity index (χ0v) is 15.0. The molecule has 126 valence electrons. The Morgan fingerprint density at radius 1 is 1.26 bits per heavy atom. The summed E-state index contributed by atoms with van der Waals surface area (Å²) < 4.78 is 0. The highest BCUT2D eigenvalue weighted by atomic mass is 32.1. The van der Waals surface area contributed by atoms with E-state index in [1.54, 1.807) is 11.3 Å². The minimum atomic E-state index is 0.0742. The molecule has 0 radical (unpaired) electrons. The van der Waals surface area contributed by atoms with Gasteiger partial charge in [0, 0.05) is 23.8 Å². The summed E-state index contributed by atoms with van der Waals surface area (Å²) in [6.45, 7) is 0.777. The van der Waals surface area contributed by atoms with Crippen LogP contribution in [0, 0.1) is 17.8 Å². The predicted molar refractivity (Wildman–Crippen MR) is 93.8 cm³/mol. The second-order valence-corrected chi connectivity index (χ2v) is 9.20. The van der Waals surface area contributed by atoms with E-state index in [2.05, 4.69) is 10.7 Å². The van der Waals surface area contributed by atoms with Crippen LogP contribution in [0.3, 0.4) is 0 Å². The lowest BCUT2D eigenvalue weighted by atomic mass is 9.49. The maximum absolute atomic E-state index is 12.0. The topological polar surface area (TPSA) is 45.2 Å². The van der Waals surface area contributed by atoms with Crippen molar-refractivity contribution >= 4 is 22.4 Å². The lowest BCUT2D eigenvalue weighted by Crippen LogP contribution is -2.48. The quantitative estimate of drug-likeness (QED) is 0.897. The van der Waals surface area contributed by atoms with Gasteiger partial charge < -0.3 is 10.2 Å². The molecule has 4 aliphatic carbocycles. The Hall–Kier alpha value is -0.940. The van der Waals surface area contributed by atoms with Crippen molar-refractivity contribution in [3.05, 3.63) is 11.1 Å². The van der Waals surface area contributed by atoms with Crippen LogP contribution in [-0.2, 0) is 10.2 Å². The Kier molecular flexibility index (Phi) is 3.96. The van der Waals surface area contributed by atoms with E-state index in [0.29, 0.717) is 11.8 Å². The number of thiazole rings is 1. The first-order valence-electron chi connectivity index (χ1n) is 8.93. The molecule has 4 fully saturated rings. The van der Waals surface area contributed by atoms with E-state index in [1.165, 1.54) is 44.2 Å². The van der Waals surface area contributed by atoms with Gasteiger partial charge in [0.2, 0.25) is 5.91 Å². The van der Waals surface area contributed by atoms with E-state index >= 15 is 0 Å². The van der Waals surface area contributed by atoms with E-state index in [1.807, 2.05) is 19.0 Å². The molecular formula is C18H27N3OS. The highest BCUT2D eigenvalue weighted by Gasteiger charge is 2.52. The number of rotatable bonds is 5. The Morgan fingerprint density at radius 2 is 1.87 bits per heavy atom. The van der Waals surface area contributed by atoms with Crippen LogP contribution in [0.2, 0.25) is 0 Å². The van der Waals surface area contributed by atoms with E-state index in [9.17, 15) is 4.79 Å². The highest BCUT2D eigenvalue weighted by Crippen LogP contribution is 2.60. The normalized spacial score (nSPS) is 35.0. The van der Waals surface area contributed by atoms with Crippen molar-refractivity contribution in [2.45, 2.75) is 50.4 Å². The number of amides is 1. The van der Waals surface area contributed by atoms with Gasteiger partial charge in [-0.05, 0) is 70.4 Å². The van der Waals surface area contributed by atoms with Gasteiger partial charge in [0.25, 0.3) is 0 Å². The molecule has 0 spiro atoms. The number of hydrogen-bond donors (Lipinski definition) is 1. The smallest absolute Gasteiger partial charge is 0.227 e. The molecule has 4 aliphatic rings. The molecule has 4 bridgehead atoms. The third kappa shape index (κ3) is 3.05. The van der Waals surface area contributed by atoms with E-state index in [0.717, 1.165) is 29.4 Å². The summed E-state index contributed by atoms with van der Waals surface area (Å²) in [5, 5.41) is 6.00. The van der Waals surface area contributed by atoms with Crippen LogP contribution >= 0.6 is 11.3 Å². The van der Waals surface area contributed by atoms with E-state index in [4.69, 9.17) is 4.98 Å². The first-order valence-corrected chi connectivity index (χ1v) is 9.81. The predicted octanol–water partition coefficient (Wildman–Crippen LogP) is 3.50. The van der Waals surface area contributed by atoms with Gasteiger partial charge in [-0.1, -0.05) is 0 Å². The molecule has 0 unspecified atom stereocenters. The molecule has 1 amide bonds. The van der Waals surface area contributed by atoms with Gasteiger partial charge in [-0.2, -0.15) is 0 Å². The molecule has 23 heavy (non-hydrogen) atoms. The van der Waals surface area contributed by atoms with Crippen molar-refractivity contribution in [1.29, 1.82) is 0 Å². The number of nitrogens with zero attached hydrogens (tertiary/aromatic N) is 2. The molecule has 1 aromatic heterocycles. The Bertz CT molecular complexity index is 560. The lowest BCUT2D eigenvalue weighted by molar-refractivity contribution is -0.116. The molecule has 0 saturated heterocycles. The molecule has 4 saturated carbocycles. The van der Waals surface area contributed by atoms with Crippen LogP contribution in [0.25, 0.3) is 0 Å². The first kappa shape index (κ1) is 15.6. The van der Waals surface area contributed by atoms with Crippen LogP contribution in [0.5, 0.6) is 0 Å². The molecule has 4 nitrogen and oxygen atoms in total. The molecular weight excluding hydrogens is 306 g/mol. The van der Waals surface area contributed by atoms with Crippen molar-refractivity contribution < 1.29 is 4.79 Å². The zero-order valence-electron chi connectivity index (χ0n) is 14.2. The van der Waals surface area contributed by atoms with Gasteiger partial charge in [0.05, 0.1) is 5.69 Å². The lowest BCUT2D eigenvalue weighted by Gasteiger charge is -2.56. The minimum Gasteiger partial charge on any atom is -0.309 e. The van der Waals surface area contributed by atoms with Crippen LogP contribution in [0.4, 0.5) is 5.13 Å². The fraction of sp³-hybridized carbons (Fsp3) is 0.778. The SMILES string of the molecule is CN(C)CCC(=O)Nc1nc(C23CC4CC(CC(C4)C2)C3)cs1. The fourth-order valence-electron chi connectivity index (χ4n) is 5.51. The summed E-state index contributed by atoms with van der Waals surface area (Å²) in [7, 11) is 3.98. The van der Waals surface area contributed by atoms with Crippen molar-refractivity contribution in [2.24, 2.45) is 17.8 Å². The standard InChI is InChI=1S/C18H27N3OS/c1-21(2)4-3-16(22)20-17-19-15(11-23-17)18-8-12-5-13(9-18)7-14(6-12)10-18/h11-14H,3-10H2,1-2H3,(H,19,20,22). The molecule has 1 N–H and O–H groups in total. The average Bonchev–Trinajstić information content (AvgIpc) is 2.93. The molecule has 0 aliphatic heterocycles. The second kappa shape index (κ2) is 5.85. The van der Waals surface area contributed by atoms with Crippen LogP contribution in [0.15, 0.2) is 5.38 Å². The van der Waals surface area contributed by atoms with Crippen molar-refractivity contribution in [1.82, 2.24) is 9.88 Å². The van der Waals surface area contributed by atoms with E-state index in [-0.39, 0.29) is 5.91 Å². The summed E-state index contributed by atoms with van der Waals surface area (Å²) in [6.07, 6.45) is 8.88. The summed E-state index contributed by atoms with van der Waals surface area (Å²) in [6, 6.07) is 0. The van der Waals surface area contributed by atoms with Gasteiger partial charge in [0.15, 0.2) is 5.13 Å². The van der Waals surface area contributed by atoms with Gasteiger partial charge in [-0.15, -0.1) is 11.3 Å². The van der Waals surface area contributed by atoms with Crippen molar-refractivity contribution in [3.8, 4) is 0 Å². The fourth-order valence-corrected chi connectivity index (χ4v) is 6.36. The third-order valence-electron chi connectivity index (χ3n) is 6.12.